The zero-order valence-corrected chi connectivity index (χ0v) is 12.3. The number of carbonyl (C=O) groups is 1. The third kappa shape index (κ3) is 3.95. The Labute approximate surface area is 112 Å². The van der Waals surface area contributed by atoms with Crippen LogP contribution in [-0.4, -0.2) is 35.0 Å². The molecule has 7 nitrogen and oxygen atoms in total. The Morgan fingerprint density at radius 1 is 1.42 bits per heavy atom. The molecule has 2 N–H and O–H groups in total. The second kappa shape index (κ2) is 5.60. The first kappa shape index (κ1) is 15.5. The molecule has 8 heteroatoms. The Kier molecular flexibility index (Phi) is 4.56. The highest BCUT2D eigenvalue weighted by molar-refractivity contribution is 7.92. The molecule has 0 unspecified atom stereocenters. The van der Waals surface area contributed by atoms with Crippen LogP contribution in [-0.2, 0) is 14.8 Å². The molecule has 0 aliphatic rings. The Hall–Kier alpha value is -1.57. The lowest BCUT2D eigenvalue weighted by atomic mass is 10.3. The number of rotatable bonds is 6. The maximum Gasteiger partial charge on any atom is 0.304 e. The summed E-state index contributed by atoms with van der Waals surface area (Å²) in [4.78, 5) is 10.4. The van der Waals surface area contributed by atoms with Gasteiger partial charge in [-0.05, 0) is 27.7 Å². The summed E-state index contributed by atoms with van der Waals surface area (Å²) in [7, 11) is -3.67. The van der Waals surface area contributed by atoms with Crippen LogP contribution in [0.3, 0.4) is 0 Å². The molecule has 0 bridgehead atoms. The van der Waals surface area contributed by atoms with Crippen molar-refractivity contribution in [2.24, 2.45) is 0 Å². The molecule has 0 aliphatic heterocycles. The van der Waals surface area contributed by atoms with Crippen LogP contribution in [0.25, 0.3) is 0 Å². The van der Waals surface area contributed by atoms with E-state index in [1.165, 1.54) is 0 Å². The van der Waals surface area contributed by atoms with E-state index in [9.17, 15) is 13.2 Å². The topological polar surface area (TPSA) is 101 Å². The second-order valence-corrected chi connectivity index (χ2v) is 6.49. The number of aryl methyl sites for hydroxylation is 1. The average Bonchev–Trinajstić information content (AvgIpc) is 2.54. The fraction of sp³-hybridized carbons (Fsp3) is 0.636. The number of carboxylic acid groups (broad SMARTS) is 1. The van der Waals surface area contributed by atoms with Gasteiger partial charge in [-0.2, -0.15) is 5.10 Å². The molecular formula is C11H19N3O4S. The van der Waals surface area contributed by atoms with Crippen molar-refractivity contribution in [2.45, 2.75) is 40.2 Å². The molecule has 1 aromatic heterocycles. The highest BCUT2D eigenvalue weighted by Gasteiger charge is 2.19. The number of hydrogen-bond acceptors (Lipinski definition) is 4. The van der Waals surface area contributed by atoms with Crippen LogP contribution < -0.4 is 4.72 Å². The van der Waals surface area contributed by atoms with Crippen molar-refractivity contribution in [3.05, 3.63) is 11.4 Å². The maximum atomic E-state index is 11.8. The first-order valence-corrected chi connectivity index (χ1v) is 7.57. The summed E-state index contributed by atoms with van der Waals surface area (Å²) in [5, 5.41) is 12.8. The summed E-state index contributed by atoms with van der Waals surface area (Å²) in [5.74, 6) is -1.59. The van der Waals surface area contributed by atoms with Crippen molar-refractivity contribution >= 4 is 21.7 Å². The minimum atomic E-state index is -3.67. The van der Waals surface area contributed by atoms with E-state index in [2.05, 4.69) is 9.82 Å². The highest BCUT2D eigenvalue weighted by atomic mass is 32.2. The molecule has 1 rings (SSSR count). The van der Waals surface area contributed by atoms with E-state index in [4.69, 9.17) is 5.11 Å². The van der Waals surface area contributed by atoms with Gasteiger partial charge in [0.2, 0.25) is 10.0 Å². The SMILES string of the molecule is Cc1nn(C(C)C)c(C)c1NS(=O)(=O)CCC(=O)O. The standard InChI is InChI=1S/C11H19N3O4S/c1-7(2)14-9(4)11(8(3)12-14)13-19(17,18)6-5-10(15)16/h7,13H,5-6H2,1-4H3,(H,15,16). The number of carboxylic acids is 1. The molecule has 0 aliphatic carbocycles. The average molecular weight is 289 g/mol. The van der Waals surface area contributed by atoms with Gasteiger partial charge < -0.3 is 5.11 Å². The summed E-state index contributed by atoms with van der Waals surface area (Å²) in [6.45, 7) is 7.38. The summed E-state index contributed by atoms with van der Waals surface area (Å²) >= 11 is 0. The van der Waals surface area contributed by atoms with E-state index in [-0.39, 0.29) is 6.04 Å². The van der Waals surface area contributed by atoms with Gasteiger partial charge in [0.15, 0.2) is 0 Å². The molecule has 0 radical (unpaired) electrons. The van der Waals surface area contributed by atoms with Crippen molar-refractivity contribution in [3.8, 4) is 0 Å². The van der Waals surface area contributed by atoms with Crippen LogP contribution in [0.15, 0.2) is 0 Å². The smallest absolute Gasteiger partial charge is 0.304 e. The molecule has 108 valence electrons. The second-order valence-electron chi connectivity index (χ2n) is 4.65. The molecule has 0 saturated heterocycles. The van der Waals surface area contributed by atoms with Crippen LogP contribution in [0.4, 0.5) is 5.69 Å². The van der Waals surface area contributed by atoms with E-state index in [1.54, 1.807) is 18.5 Å². The van der Waals surface area contributed by atoms with Crippen LogP contribution in [0, 0.1) is 13.8 Å². The maximum absolute atomic E-state index is 11.8. The molecule has 0 saturated carbocycles. The van der Waals surface area contributed by atoms with Gasteiger partial charge >= 0.3 is 5.97 Å². The van der Waals surface area contributed by atoms with Gasteiger partial charge in [0, 0.05) is 6.04 Å². The van der Waals surface area contributed by atoms with E-state index in [0.717, 1.165) is 0 Å². The van der Waals surface area contributed by atoms with Crippen molar-refractivity contribution in [1.29, 1.82) is 0 Å². The van der Waals surface area contributed by atoms with Crippen molar-refractivity contribution < 1.29 is 18.3 Å². The fourth-order valence-corrected chi connectivity index (χ4v) is 2.89. The largest absolute Gasteiger partial charge is 0.481 e. The Morgan fingerprint density at radius 2 is 2.00 bits per heavy atom. The van der Waals surface area contributed by atoms with Crippen LogP contribution in [0.2, 0.25) is 0 Å². The molecule has 0 atom stereocenters. The van der Waals surface area contributed by atoms with Gasteiger partial charge in [0.25, 0.3) is 0 Å². The minimum Gasteiger partial charge on any atom is -0.481 e. The zero-order chi connectivity index (χ0) is 14.8. The van der Waals surface area contributed by atoms with Crippen molar-refractivity contribution in [3.63, 3.8) is 0 Å². The zero-order valence-electron chi connectivity index (χ0n) is 11.5. The molecule has 1 aromatic rings. The molecule has 0 amide bonds. The van der Waals surface area contributed by atoms with Gasteiger partial charge in [0.05, 0.1) is 29.2 Å². The molecule has 0 aromatic carbocycles. The Balaban J connectivity index is 2.97. The van der Waals surface area contributed by atoms with Crippen LogP contribution >= 0.6 is 0 Å². The lowest BCUT2D eigenvalue weighted by Gasteiger charge is -2.10. The molecular weight excluding hydrogens is 270 g/mol. The van der Waals surface area contributed by atoms with Gasteiger partial charge in [-0.25, -0.2) is 8.42 Å². The van der Waals surface area contributed by atoms with Crippen LogP contribution in [0.1, 0.15) is 37.7 Å². The monoisotopic (exact) mass is 289 g/mol. The number of aliphatic carboxylic acids is 1. The highest BCUT2D eigenvalue weighted by Crippen LogP contribution is 2.23. The Morgan fingerprint density at radius 3 is 2.42 bits per heavy atom. The molecule has 0 spiro atoms. The normalized spacial score (nSPS) is 11.8. The van der Waals surface area contributed by atoms with Gasteiger partial charge in [-0.1, -0.05) is 0 Å². The predicted octanol–water partition coefficient (Wildman–Crippen LogP) is 1.30. The number of nitrogens with one attached hydrogen (secondary N) is 1. The van der Waals surface area contributed by atoms with Gasteiger partial charge in [-0.15, -0.1) is 0 Å². The van der Waals surface area contributed by atoms with Gasteiger partial charge in [0.1, 0.15) is 0 Å². The summed E-state index contributed by atoms with van der Waals surface area (Å²) in [6.07, 6.45) is -0.425. The van der Waals surface area contributed by atoms with Crippen molar-refractivity contribution in [1.82, 2.24) is 9.78 Å². The number of sulfonamides is 1. The third-order valence-electron chi connectivity index (χ3n) is 2.66. The number of hydrogen-bond donors (Lipinski definition) is 2. The lowest BCUT2D eigenvalue weighted by molar-refractivity contribution is -0.136. The van der Waals surface area contributed by atoms with Crippen LogP contribution in [0.5, 0.6) is 0 Å². The fourth-order valence-electron chi connectivity index (χ4n) is 1.74. The quantitative estimate of drug-likeness (QED) is 0.822. The minimum absolute atomic E-state index is 0.121. The van der Waals surface area contributed by atoms with Crippen molar-refractivity contribution in [2.75, 3.05) is 10.5 Å². The lowest BCUT2D eigenvalue weighted by Crippen LogP contribution is -2.19. The van der Waals surface area contributed by atoms with E-state index >= 15 is 0 Å². The van der Waals surface area contributed by atoms with Gasteiger partial charge in [-0.3, -0.25) is 14.2 Å². The first-order chi connectivity index (χ1) is 8.64. The molecule has 1 heterocycles. The first-order valence-electron chi connectivity index (χ1n) is 5.92. The van der Waals surface area contributed by atoms with E-state index in [0.29, 0.717) is 17.1 Å². The number of aromatic nitrogens is 2. The summed E-state index contributed by atoms with van der Waals surface area (Å²) in [6, 6.07) is 0.121. The summed E-state index contributed by atoms with van der Waals surface area (Å²) in [5.41, 5.74) is 1.72. The molecule has 19 heavy (non-hydrogen) atoms. The Bertz CT molecular complexity index is 575. The van der Waals surface area contributed by atoms with E-state index in [1.807, 2.05) is 13.8 Å². The predicted molar refractivity (Wildman–Crippen MR) is 71.7 cm³/mol. The number of anilines is 1. The molecule has 0 fully saturated rings. The number of nitrogens with zero attached hydrogens (tertiary/aromatic N) is 2. The third-order valence-corrected chi connectivity index (χ3v) is 3.91. The summed E-state index contributed by atoms with van der Waals surface area (Å²) < 4.78 is 27.7. The van der Waals surface area contributed by atoms with E-state index < -0.39 is 28.2 Å².